The van der Waals surface area contributed by atoms with E-state index < -0.39 is 0 Å². The Morgan fingerprint density at radius 1 is 1.43 bits per heavy atom. The molecule has 0 aromatic heterocycles. The van der Waals surface area contributed by atoms with Gasteiger partial charge in [0.25, 0.3) is 0 Å². The van der Waals surface area contributed by atoms with E-state index >= 15 is 0 Å². The third kappa shape index (κ3) is 3.11. The summed E-state index contributed by atoms with van der Waals surface area (Å²) in [5.74, 6) is 1.84. The maximum atomic E-state index is 11.4. The minimum Gasteiger partial charge on any atom is -0.300 e. The molecule has 14 heavy (non-hydrogen) atoms. The molecule has 1 nitrogen and oxygen atoms in total. The quantitative estimate of drug-likeness (QED) is 0.670. The third-order valence-corrected chi connectivity index (χ3v) is 3.76. The van der Waals surface area contributed by atoms with E-state index in [0.717, 1.165) is 12.3 Å². The van der Waals surface area contributed by atoms with Crippen molar-refractivity contribution in [2.45, 2.75) is 59.8 Å². The van der Waals surface area contributed by atoms with Crippen LogP contribution in [0, 0.1) is 17.3 Å². The van der Waals surface area contributed by atoms with Crippen LogP contribution in [0.4, 0.5) is 0 Å². The summed E-state index contributed by atoms with van der Waals surface area (Å²) in [5.41, 5.74) is 0.505. The van der Waals surface area contributed by atoms with Gasteiger partial charge in [0.05, 0.1) is 0 Å². The molecule has 1 rings (SSSR count). The maximum absolute atomic E-state index is 11.4. The Hall–Kier alpha value is -0.330. The van der Waals surface area contributed by atoms with E-state index in [0.29, 0.717) is 23.5 Å². The van der Waals surface area contributed by atoms with E-state index in [4.69, 9.17) is 0 Å². The first-order chi connectivity index (χ1) is 6.44. The summed E-state index contributed by atoms with van der Waals surface area (Å²) in [6, 6.07) is 0. The number of hydrogen-bond acceptors (Lipinski definition) is 1. The third-order valence-electron chi connectivity index (χ3n) is 3.76. The first kappa shape index (κ1) is 11.7. The second-order valence-electron chi connectivity index (χ2n) is 5.74. The molecule has 0 spiro atoms. The van der Waals surface area contributed by atoms with Gasteiger partial charge in [-0.15, -0.1) is 0 Å². The van der Waals surface area contributed by atoms with Crippen molar-refractivity contribution < 1.29 is 4.79 Å². The van der Waals surface area contributed by atoms with Crippen LogP contribution in [-0.2, 0) is 4.79 Å². The zero-order valence-electron chi connectivity index (χ0n) is 10.1. The van der Waals surface area contributed by atoms with E-state index in [1.807, 2.05) is 6.92 Å². The van der Waals surface area contributed by atoms with Crippen LogP contribution in [0.15, 0.2) is 0 Å². The van der Waals surface area contributed by atoms with Gasteiger partial charge in [-0.2, -0.15) is 0 Å². The maximum Gasteiger partial charge on any atom is 0.132 e. The summed E-state index contributed by atoms with van der Waals surface area (Å²) in [6.45, 7) is 8.98. The molecule has 1 aliphatic carbocycles. The summed E-state index contributed by atoms with van der Waals surface area (Å²) in [5, 5.41) is 0. The number of ketones is 1. The van der Waals surface area contributed by atoms with Gasteiger partial charge in [-0.1, -0.05) is 27.7 Å². The Kier molecular flexibility index (Phi) is 3.74. The highest BCUT2D eigenvalue weighted by atomic mass is 16.1. The molecule has 0 aromatic carbocycles. The molecule has 0 saturated heterocycles. The van der Waals surface area contributed by atoms with E-state index in [1.165, 1.54) is 19.3 Å². The molecule has 0 amide bonds. The molecule has 0 bridgehead atoms. The molecule has 0 aromatic rings. The van der Waals surface area contributed by atoms with Crippen LogP contribution in [0.5, 0.6) is 0 Å². The average molecular weight is 196 g/mol. The van der Waals surface area contributed by atoms with Crippen LogP contribution >= 0.6 is 0 Å². The molecule has 0 heterocycles. The standard InChI is InChI=1S/C13H24O/c1-5-12(14)8-11-6-7-13(3,4)9-10(11)2/h10-11H,5-9H2,1-4H3. The Bertz CT molecular complexity index is 205. The smallest absolute Gasteiger partial charge is 0.132 e. The largest absolute Gasteiger partial charge is 0.300 e. The Morgan fingerprint density at radius 2 is 2.07 bits per heavy atom. The van der Waals surface area contributed by atoms with E-state index in [1.54, 1.807) is 0 Å². The van der Waals surface area contributed by atoms with Crippen LogP contribution in [0.25, 0.3) is 0 Å². The summed E-state index contributed by atoms with van der Waals surface area (Å²) in [6.07, 6.45) is 5.37. The van der Waals surface area contributed by atoms with Crippen LogP contribution < -0.4 is 0 Å². The molecule has 82 valence electrons. The molecular formula is C13H24O. The van der Waals surface area contributed by atoms with Gasteiger partial charge >= 0.3 is 0 Å². The predicted molar refractivity (Wildman–Crippen MR) is 60.2 cm³/mol. The summed E-state index contributed by atoms with van der Waals surface area (Å²) in [7, 11) is 0. The highest BCUT2D eigenvalue weighted by molar-refractivity contribution is 5.78. The van der Waals surface area contributed by atoms with Crippen molar-refractivity contribution in [3.05, 3.63) is 0 Å². The van der Waals surface area contributed by atoms with E-state index in [-0.39, 0.29) is 0 Å². The first-order valence-corrected chi connectivity index (χ1v) is 5.96. The SMILES string of the molecule is CCC(=O)CC1CCC(C)(C)CC1C. The normalized spacial score (nSPS) is 31.4. The zero-order chi connectivity index (χ0) is 10.8. The molecule has 1 fully saturated rings. The average Bonchev–Trinajstić information content (AvgIpc) is 2.09. The van der Waals surface area contributed by atoms with Crippen molar-refractivity contribution in [2.75, 3.05) is 0 Å². The second kappa shape index (κ2) is 4.46. The molecule has 0 N–H and O–H groups in total. The molecule has 0 radical (unpaired) electrons. The van der Waals surface area contributed by atoms with Gasteiger partial charge in [0.15, 0.2) is 0 Å². The van der Waals surface area contributed by atoms with Gasteiger partial charge in [0, 0.05) is 12.8 Å². The molecule has 1 aliphatic rings. The lowest BCUT2D eigenvalue weighted by Crippen LogP contribution is -2.29. The Labute approximate surface area is 88.3 Å². The van der Waals surface area contributed by atoms with Crippen molar-refractivity contribution in [3.63, 3.8) is 0 Å². The fourth-order valence-electron chi connectivity index (χ4n) is 2.74. The number of Topliss-reactive ketones (excluding diaryl/α,β-unsaturated/α-hetero) is 1. The molecule has 2 unspecified atom stereocenters. The van der Waals surface area contributed by atoms with Crippen molar-refractivity contribution >= 4 is 5.78 Å². The van der Waals surface area contributed by atoms with Gasteiger partial charge in [0.2, 0.25) is 0 Å². The van der Waals surface area contributed by atoms with E-state index in [2.05, 4.69) is 20.8 Å². The lowest BCUT2D eigenvalue weighted by atomic mass is 9.66. The van der Waals surface area contributed by atoms with Crippen molar-refractivity contribution in [3.8, 4) is 0 Å². The molecule has 2 atom stereocenters. The van der Waals surface area contributed by atoms with Crippen molar-refractivity contribution in [1.29, 1.82) is 0 Å². The monoisotopic (exact) mass is 196 g/mol. The Balaban J connectivity index is 2.46. The fourth-order valence-corrected chi connectivity index (χ4v) is 2.74. The van der Waals surface area contributed by atoms with Gasteiger partial charge in [0.1, 0.15) is 5.78 Å². The van der Waals surface area contributed by atoms with Gasteiger partial charge in [-0.05, 0) is 36.5 Å². The topological polar surface area (TPSA) is 17.1 Å². The highest BCUT2D eigenvalue weighted by Crippen LogP contribution is 2.42. The summed E-state index contributed by atoms with van der Waals surface area (Å²) in [4.78, 5) is 11.4. The second-order valence-corrected chi connectivity index (χ2v) is 5.74. The zero-order valence-corrected chi connectivity index (χ0v) is 10.1. The van der Waals surface area contributed by atoms with Gasteiger partial charge in [-0.25, -0.2) is 0 Å². The lowest BCUT2D eigenvalue weighted by molar-refractivity contribution is -0.120. The van der Waals surface area contributed by atoms with Gasteiger partial charge in [-0.3, -0.25) is 4.79 Å². The molecule has 0 aliphatic heterocycles. The first-order valence-electron chi connectivity index (χ1n) is 5.96. The van der Waals surface area contributed by atoms with Crippen molar-refractivity contribution in [1.82, 2.24) is 0 Å². The van der Waals surface area contributed by atoms with Crippen molar-refractivity contribution in [2.24, 2.45) is 17.3 Å². The molecule has 1 heteroatoms. The predicted octanol–water partition coefficient (Wildman–Crippen LogP) is 3.82. The van der Waals surface area contributed by atoms with Crippen LogP contribution in [0.2, 0.25) is 0 Å². The lowest BCUT2D eigenvalue weighted by Gasteiger charge is -2.39. The van der Waals surface area contributed by atoms with Crippen LogP contribution in [0.1, 0.15) is 59.8 Å². The minimum absolute atomic E-state index is 0.446. The number of rotatable bonds is 3. The number of carbonyl (C=O) groups is 1. The minimum atomic E-state index is 0.446. The highest BCUT2D eigenvalue weighted by Gasteiger charge is 2.32. The summed E-state index contributed by atoms with van der Waals surface area (Å²) >= 11 is 0. The Morgan fingerprint density at radius 3 is 2.57 bits per heavy atom. The number of hydrogen-bond donors (Lipinski definition) is 0. The summed E-state index contributed by atoms with van der Waals surface area (Å²) < 4.78 is 0. The fraction of sp³-hybridized carbons (Fsp3) is 0.923. The van der Waals surface area contributed by atoms with E-state index in [9.17, 15) is 4.79 Å². The van der Waals surface area contributed by atoms with Gasteiger partial charge < -0.3 is 0 Å². The van der Waals surface area contributed by atoms with Crippen LogP contribution in [-0.4, -0.2) is 5.78 Å². The molecular weight excluding hydrogens is 172 g/mol. The molecule has 1 saturated carbocycles. The number of carbonyl (C=O) groups excluding carboxylic acids is 1. The van der Waals surface area contributed by atoms with Crippen LogP contribution in [0.3, 0.4) is 0 Å².